The Morgan fingerprint density at radius 2 is 0.846 bits per heavy atom. The van der Waals surface area contributed by atoms with Crippen molar-refractivity contribution in [1.29, 1.82) is 0 Å². The van der Waals surface area contributed by atoms with Crippen molar-refractivity contribution in [3.8, 4) is 27.9 Å². The second-order valence-electron chi connectivity index (χ2n) is 13.4. The Balaban J connectivity index is 1.17. The van der Waals surface area contributed by atoms with Crippen molar-refractivity contribution < 1.29 is 0 Å². The number of rotatable bonds is 6. The predicted molar refractivity (Wildman–Crippen MR) is 221 cm³/mol. The van der Waals surface area contributed by atoms with Gasteiger partial charge in [0.15, 0.2) is 0 Å². The molecule has 0 atom stereocenters. The maximum absolute atomic E-state index is 2.42. The highest BCUT2D eigenvalue weighted by Crippen LogP contribution is 2.42. The van der Waals surface area contributed by atoms with Gasteiger partial charge in [0.25, 0.3) is 0 Å². The third-order valence-electron chi connectivity index (χ3n) is 10.3. The minimum Gasteiger partial charge on any atom is -0.310 e. The van der Waals surface area contributed by atoms with Gasteiger partial charge >= 0.3 is 0 Å². The van der Waals surface area contributed by atoms with Gasteiger partial charge < -0.3 is 9.47 Å². The van der Waals surface area contributed by atoms with Gasteiger partial charge in [-0.2, -0.15) is 0 Å². The minimum absolute atomic E-state index is 1.10. The molecule has 0 spiro atoms. The average molecular weight is 663 g/mol. The van der Waals surface area contributed by atoms with E-state index in [2.05, 4.69) is 216 Å². The Kier molecular flexibility index (Phi) is 7.18. The maximum atomic E-state index is 2.42. The SMILES string of the molecule is c1ccc(-c2ccc(N(c3ccc(-c4cccc5ccccc45)cc3)c3ccc4c5cc6ccccc6cc5n(-c5ccccc5)c4c3)cc2)cc1. The molecule has 0 amide bonds. The molecule has 0 bridgehead atoms. The fourth-order valence-electron chi connectivity index (χ4n) is 7.83. The highest BCUT2D eigenvalue weighted by molar-refractivity contribution is 6.14. The van der Waals surface area contributed by atoms with E-state index in [0.29, 0.717) is 0 Å². The molecular formula is C50H34N2. The first kappa shape index (κ1) is 30.0. The minimum atomic E-state index is 1.10. The number of para-hydroxylation sites is 1. The Morgan fingerprint density at radius 1 is 0.308 bits per heavy atom. The summed E-state index contributed by atoms with van der Waals surface area (Å²) < 4.78 is 2.42. The lowest BCUT2D eigenvalue weighted by Crippen LogP contribution is -2.10. The molecule has 9 aromatic carbocycles. The molecule has 10 rings (SSSR count). The van der Waals surface area contributed by atoms with Gasteiger partial charge in [-0.25, -0.2) is 0 Å². The fraction of sp³-hybridized carbons (Fsp3) is 0. The first-order valence-corrected chi connectivity index (χ1v) is 17.8. The van der Waals surface area contributed by atoms with Crippen LogP contribution in [-0.4, -0.2) is 4.57 Å². The second kappa shape index (κ2) is 12.5. The zero-order chi connectivity index (χ0) is 34.4. The van der Waals surface area contributed by atoms with Gasteiger partial charge in [-0.3, -0.25) is 0 Å². The number of fused-ring (bicyclic) bond motifs is 5. The predicted octanol–water partition coefficient (Wildman–Crippen LogP) is 13.9. The van der Waals surface area contributed by atoms with Crippen molar-refractivity contribution in [2.75, 3.05) is 4.90 Å². The normalized spacial score (nSPS) is 11.5. The summed E-state index contributed by atoms with van der Waals surface area (Å²) in [5.41, 5.74) is 11.7. The van der Waals surface area contributed by atoms with Crippen molar-refractivity contribution in [3.05, 3.63) is 206 Å². The standard InChI is InChI=1S/C50H34N2/c1-3-12-35(13-4-1)36-22-26-42(27-23-36)51(43-28-24-38(25-29-43)46-21-11-17-37-14-9-10-20-45(37)46)44-30-31-47-48-32-39-15-7-8-16-40(39)33-49(48)52(50(47)34-44)41-18-5-2-6-19-41/h1-34H. The summed E-state index contributed by atoms with van der Waals surface area (Å²) in [6.45, 7) is 0. The molecule has 0 aliphatic heterocycles. The van der Waals surface area contributed by atoms with Crippen LogP contribution in [0.4, 0.5) is 17.1 Å². The van der Waals surface area contributed by atoms with E-state index in [1.807, 2.05) is 0 Å². The molecule has 0 saturated heterocycles. The number of nitrogens with zero attached hydrogens (tertiary/aromatic N) is 2. The van der Waals surface area contributed by atoms with Gasteiger partial charge in [0.2, 0.25) is 0 Å². The third kappa shape index (κ3) is 5.12. The van der Waals surface area contributed by atoms with Crippen LogP contribution < -0.4 is 4.90 Å². The van der Waals surface area contributed by atoms with Gasteiger partial charge in [0, 0.05) is 33.5 Å². The van der Waals surface area contributed by atoms with E-state index < -0.39 is 0 Å². The molecule has 0 N–H and O–H groups in total. The van der Waals surface area contributed by atoms with Gasteiger partial charge in [-0.15, -0.1) is 0 Å². The third-order valence-corrected chi connectivity index (χ3v) is 10.3. The number of benzene rings is 9. The lowest BCUT2D eigenvalue weighted by Gasteiger charge is -2.26. The van der Waals surface area contributed by atoms with Gasteiger partial charge in [0.1, 0.15) is 0 Å². The van der Waals surface area contributed by atoms with Crippen LogP contribution in [0.1, 0.15) is 0 Å². The van der Waals surface area contributed by atoms with Crippen LogP contribution in [0.15, 0.2) is 206 Å². The van der Waals surface area contributed by atoms with Crippen LogP contribution in [0.3, 0.4) is 0 Å². The molecule has 0 aliphatic carbocycles. The Labute approximate surface area is 303 Å². The van der Waals surface area contributed by atoms with Crippen LogP contribution in [0.5, 0.6) is 0 Å². The molecule has 0 aliphatic rings. The molecule has 0 radical (unpaired) electrons. The quantitative estimate of drug-likeness (QED) is 0.172. The lowest BCUT2D eigenvalue weighted by atomic mass is 9.98. The van der Waals surface area contributed by atoms with E-state index in [0.717, 1.165) is 22.7 Å². The fourth-order valence-corrected chi connectivity index (χ4v) is 7.83. The maximum Gasteiger partial charge on any atom is 0.0561 e. The van der Waals surface area contributed by atoms with E-state index in [1.165, 1.54) is 65.6 Å². The first-order chi connectivity index (χ1) is 25.8. The molecule has 0 unspecified atom stereocenters. The van der Waals surface area contributed by atoms with Crippen molar-refractivity contribution in [1.82, 2.24) is 4.57 Å². The van der Waals surface area contributed by atoms with E-state index in [4.69, 9.17) is 0 Å². The summed E-state index contributed by atoms with van der Waals surface area (Å²) in [6.07, 6.45) is 0. The molecule has 2 heteroatoms. The van der Waals surface area contributed by atoms with Crippen LogP contribution in [0.2, 0.25) is 0 Å². The highest BCUT2D eigenvalue weighted by Gasteiger charge is 2.19. The van der Waals surface area contributed by atoms with Gasteiger partial charge in [-0.1, -0.05) is 146 Å². The van der Waals surface area contributed by atoms with E-state index in [9.17, 15) is 0 Å². The highest BCUT2D eigenvalue weighted by atomic mass is 15.1. The monoisotopic (exact) mass is 662 g/mol. The smallest absolute Gasteiger partial charge is 0.0561 e. The Bertz CT molecular complexity index is 2860. The summed E-state index contributed by atoms with van der Waals surface area (Å²) in [7, 11) is 0. The van der Waals surface area contributed by atoms with Crippen molar-refractivity contribution in [3.63, 3.8) is 0 Å². The van der Waals surface area contributed by atoms with Crippen molar-refractivity contribution >= 4 is 60.4 Å². The number of hydrogen-bond acceptors (Lipinski definition) is 1. The van der Waals surface area contributed by atoms with Crippen LogP contribution in [-0.2, 0) is 0 Å². The van der Waals surface area contributed by atoms with Crippen LogP contribution in [0.25, 0.3) is 71.3 Å². The zero-order valence-corrected chi connectivity index (χ0v) is 28.5. The summed E-state index contributed by atoms with van der Waals surface area (Å²) in [5.74, 6) is 0. The molecule has 244 valence electrons. The number of anilines is 3. The summed E-state index contributed by atoms with van der Waals surface area (Å²) in [6, 6.07) is 74.7. The molecule has 0 fully saturated rings. The van der Waals surface area contributed by atoms with E-state index >= 15 is 0 Å². The summed E-state index contributed by atoms with van der Waals surface area (Å²) >= 11 is 0. The largest absolute Gasteiger partial charge is 0.310 e. The Morgan fingerprint density at radius 3 is 1.58 bits per heavy atom. The van der Waals surface area contributed by atoms with Crippen molar-refractivity contribution in [2.45, 2.75) is 0 Å². The van der Waals surface area contributed by atoms with Crippen LogP contribution in [0, 0.1) is 0 Å². The number of hydrogen-bond donors (Lipinski definition) is 0. The van der Waals surface area contributed by atoms with E-state index in [-0.39, 0.29) is 0 Å². The number of aromatic nitrogens is 1. The summed E-state index contributed by atoms with van der Waals surface area (Å²) in [4.78, 5) is 2.38. The molecule has 0 saturated carbocycles. The molecule has 1 heterocycles. The summed E-state index contributed by atoms with van der Waals surface area (Å²) in [5, 5.41) is 7.48. The second-order valence-corrected chi connectivity index (χ2v) is 13.4. The lowest BCUT2D eigenvalue weighted by molar-refractivity contribution is 1.18. The van der Waals surface area contributed by atoms with Crippen LogP contribution >= 0.6 is 0 Å². The first-order valence-electron chi connectivity index (χ1n) is 17.8. The van der Waals surface area contributed by atoms with Gasteiger partial charge in [-0.05, 0) is 104 Å². The average Bonchev–Trinajstić information content (AvgIpc) is 3.53. The van der Waals surface area contributed by atoms with Gasteiger partial charge in [0.05, 0.1) is 11.0 Å². The Hall–Kier alpha value is -6.90. The molecular weight excluding hydrogens is 629 g/mol. The molecule has 52 heavy (non-hydrogen) atoms. The zero-order valence-electron chi connectivity index (χ0n) is 28.5. The molecule has 10 aromatic rings. The molecule has 2 nitrogen and oxygen atoms in total. The van der Waals surface area contributed by atoms with E-state index in [1.54, 1.807) is 0 Å². The molecule has 1 aromatic heterocycles. The van der Waals surface area contributed by atoms with Crippen molar-refractivity contribution in [2.24, 2.45) is 0 Å². The topological polar surface area (TPSA) is 8.17 Å².